The van der Waals surface area contributed by atoms with Crippen molar-refractivity contribution < 1.29 is 13.2 Å². The summed E-state index contributed by atoms with van der Waals surface area (Å²) >= 11 is 0. The molecular weight excluding hydrogens is 306 g/mol. The fourth-order valence-corrected chi connectivity index (χ4v) is 4.69. The second-order valence-electron chi connectivity index (χ2n) is 5.40. The summed E-state index contributed by atoms with van der Waals surface area (Å²) in [5, 5.41) is 4.28. The van der Waals surface area contributed by atoms with Crippen LogP contribution >= 0.6 is 0 Å². The zero-order valence-electron chi connectivity index (χ0n) is 13.2. The van der Waals surface area contributed by atoms with E-state index < -0.39 is 16.1 Å². The quantitative estimate of drug-likeness (QED) is 0.861. The highest BCUT2D eigenvalue weighted by Crippen LogP contribution is 2.24. The molecule has 0 bridgehead atoms. The van der Waals surface area contributed by atoms with Gasteiger partial charge in [-0.3, -0.25) is 4.68 Å². The van der Waals surface area contributed by atoms with Gasteiger partial charge in [0.05, 0.1) is 11.4 Å². The van der Waals surface area contributed by atoms with Gasteiger partial charge in [-0.05, 0) is 27.2 Å². The maximum atomic E-state index is 12.9. The lowest BCUT2D eigenvalue weighted by Crippen LogP contribution is -2.39. The minimum atomic E-state index is -3.61. The Labute approximate surface area is 130 Å². The third kappa shape index (κ3) is 2.95. The number of sulfonamides is 1. The van der Waals surface area contributed by atoms with E-state index in [2.05, 4.69) is 5.10 Å². The van der Waals surface area contributed by atoms with E-state index in [1.807, 2.05) is 6.92 Å². The summed E-state index contributed by atoms with van der Waals surface area (Å²) in [6, 6.07) is -0.509. The number of aryl methyl sites for hydroxylation is 2. The molecule has 9 heteroatoms. The highest BCUT2D eigenvalue weighted by atomic mass is 32.2. The van der Waals surface area contributed by atoms with Crippen LogP contribution in [0.1, 0.15) is 24.7 Å². The summed E-state index contributed by atoms with van der Waals surface area (Å²) < 4.78 is 29.0. The summed E-state index contributed by atoms with van der Waals surface area (Å²) in [7, 11) is -3.61. The van der Waals surface area contributed by atoms with Crippen LogP contribution in [0.4, 0.5) is 4.79 Å². The van der Waals surface area contributed by atoms with Crippen molar-refractivity contribution in [3.05, 3.63) is 11.4 Å². The molecule has 1 aromatic rings. The molecule has 1 aromatic heterocycles. The van der Waals surface area contributed by atoms with Crippen LogP contribution in [0.25, 0.3) is 0 Å². The lowest BCUT2D eigenvalue weighted by molar-refractivity contribution is 0.210. The number of nitrogens with two attached hydrogens (primary N) is 1. The van der Waals surface area contributed by atoms with Gasteiger partial charge in [-0.1, -0.05) is 0 Å². The highest BCUT2D eigenvalue weighted by molar-refractivity contribution is 7.89. The van der Waals surface area contributed by atoms with Crippen molar-refractivity contribution in [1.29, 1.82) is 0 Å². The number of carbonyl (C=O) groups excluding carboxylic acids is 1. The number of carbonyl (C=O) groups is 1. The minimum Gasteiger partial charge on any atom is -0.351 e. The predicted octanol–water partition coefficient (Wildman–Crippen LogP) is 0.295. The Morgan fingerprint density at radius 1 is 1.23 bits per heavy atom. The Bertz CT molecular complexity index is 667. The van der Waals surface area contributed by atoms with E-state index in [9.17, 15) is 13.2 Å². The van der Waals surface area contributed by atoms with Crippen molar-refractivity contribution in [2.45, 2.75) is 38.6 Å². The monoisotopic (exact) mass is 329 g/mol. The Kier molecular flexibility index (Phi) is 4.76. The molecule has 1 saturated heterocycles. The minimum absolute atomic E-state index is 0.251. The largest absolute Gasteiger partial charge is 0.351 e. The van der Waals surface area contributed by atoms with Crippen molar-refractivity contribution in [3.8, 4) is 0 Å². The van der Waals surface area contributed by atoms with Crippen LogP contribution < -0.4 is 5.73 Å². The van der Waals surface area contributed by atoms with Crippen molar-refractivity contribution in [3.63, 3.8) is 0 Å². The Morgan fingerprint density at radius 2 is 1.91 bits per heavy atom. The molecule has 0 atom stereocenters. The molecular formula is C13H23N5O3S. The van der Waals surface area contributed by atoms with Crippen molar-refractivity contribution in [2.75, 3.05) is 26.2 Å². The van der Waals surface area contributed by atoms with Gasteiger partial charge in [0.15, 0.2) is 0 Å². The molecule has 0 spiro atoms. The number of hydrogen-bond donors (Lipinski definition) is 1. The number of aromatic nitrogens is 2. The number of hydrogen-bond acceptors (Lipinski definition) is 4. The fraction of sp³-hybridized carbons (Fsp3) is 0.692. The second kappa shape index (κ2) is 6.25. The standard InChI is InChI=1S/C13H23N5O3S/c1-4-18-11(3)12(10(2)15-18)22(20,21)17-7-5-6-16(8-9-17)13(14)19/h4-9H2,1-3H3,(H2,14,19). The van der Waals surface area contributed by atoms with Crippen LogP contribution in [0.3, 0.4) is 0 Å². The maximum Gasteiger partial charge on any atom is 0.314 e. The molecule has 2 amide bonds. The Hall–Kier alpha value is -1.61. The lowest BCUT2D eigenvalue weighted by Gasteiger charge is -2.21. The molecule has 22 heavy (non-hydrogen) atoms. The Balaban J connectivity index is 2.31. The first-order chi connectivity index (χ1) is 10.3. The number of primary amides is 1. The molecule has 2 rings (SSSR count). The normalized spacial score (nSPS) is 17.5. The van der Waals surface area contributed by atoms with Gasteiger partial charge in [0, 0.05) is 32.7 Å². The molecule has 124 valence electrons. The average Bonchev–Trinajstić information content (AvgIpc) is 2.65. The molecule has 0 radical (unpaired) electrons. The zero-order valence-corrected chi connectivity index (χ0v) is 14.1. The van der Waals surface area contributed by atoms with Crippen LogP contribution in [0.15, 0.2) is 4.90 Å². The summed E-state index contributed by atoms with van der Waals surface area (Å²) in [5.74, 6) is 0. The van der Waals surface area contributed by atoms with E-state index in [1.165, 1.54) is 9.21 Å². The highest BCUT2D eigenvalue weighted by Gasteiger charge is 2.32. The third-order valence-electron chi connectivity index (χ3n) is 3.98. The van der Waals surface area contributed by atoms with E-state index in [0.717, 1.165) is 0 Å². The van der Waals surface area contributed by atoms with Gasteiger partial charge < -0.3 is 10.6 Å². The first-order valence-corrected chi connectivity index (χ1v) is 8.81. The second-order valence-corrected chi connectivity index (χ2v) is 7.27. The molecule has 1 aliphatic rings. The molecule has 1 fully saturated rings. The van der Waals surface area contributed by atoms with E-state index in [4.69, 9.17) is 5.73 Å². The van der Waals surface area contributed by atoms with Crippen LogP contribution in [0.5, 0.6) is 0 Å². The summed E-state index contributed by atoms with van der Waals surface area (Å²) in [6.45, 7) is 7.44. The van der Waals surface area contributed by atoms with E-state index in [-0.39, 0.29) is 11.4 Å². The van der Waals surface area contributed by atoms with Crippen LogP contribution in [-0.4, -0.2) is 59.6 Å². The topological polar surface area (TPSA) is 102 Å². The number of nitrogens with zero attached hydrogens (tertiary/aromatic N) is 4. The molecule has 0 saturated carbocycles. The molecule has 0 aromatic carbocycles. The number of amides is 2. The maximum absolute atomic E-state index is 12.9. The first-order valence-electron chi connectivity index (χ1n) is 7.37. The predicted molar refractivity (Wildman–Crippen MR) is 81.9 cm³/mol. The molecule has 2 heterocycles. The third-order valence-corrected chi connectivity index (χ3v) is 6.13. The van der Waals surface area contributed by atoms with Gasteiger partial charge in [-0.2, -0.15) is 9.40 Å². The summed E-state index contributed by atoms with van der Waals surface area (Å²) in [6.07, 6.45) is 0.572. The fourth-order valence-electron chi connectivity index (χ4n) is 2.85. The molecule has 8 nitrogen and oxygen atoms in total. The lowest BCUT2D eigenvalue weighted by atomic mass is 10.4. The average molecular weight is 329 g/mol. The Morgan fingerprint density at radius 3 is 2.45 bits per heavy atom. The zero-order chi connectivity index (χ0) is 16.5. The van der Waals surface area contributed by atoms with Gasteiger partial charge in [-0.15, -0.1) is 0 Å². The van der Waals surface area contributed by atoms with Crippen molar-refractivity contribution in [2.24, 2.45) is 5.73 Å². The van der Waals surface area contributed by atoms with E-state index >= 15 is 0 Å². The SMILES string of the molecule is CCn1nc(C)c(S(=O)(=O)N2CCCN(C(N)=O)CC2)c1C. The van der Waals surface area contributed by atoms with Gasteiger partial charge in [0.2, 0.25) is 10.0 Å². The smallest absolute Gasteiger partial charge is 0.314 e. The molecule has 2 N–H and O–H groups in total. The molecule has 0 unspecified atom stereocenters. The van der Waals surface area contributed by atoms with E-state index in [1.54, 1.807) is 18.5 Å². The van der Waals surface area contributed by atoms with Gasteiger partial charge >= 0.3 is 6.03 Å². The van der Waals surface area contributed by atoms with Gasteiger partial charge in [0.25, 0.3) is 0 Å². The number of rotatable bonds is 3. The van der Waals surface area contributed by atoms with Crippen molar-refractivity contribution in [1.82, 2.24) is 19.0 Å². The van der Waals surface area contributed by atoms with Crippen LogP contribution in [0, 0.1) is 13.8 Å². The van der Waals surface area contributed by atoms with Crippen molar-refractivity contribution >= 4 is 16.1 Å². The number of urea groups is 1. The van der Waals surface area contributed by atoms with Crippen LogP contribution in [0.2, 0.25) is 0 Å². The molecule has 0 aliphatic carbocycles. The van der Waals surface area contributed by atoms with Crippen LogP contribution in [-0.2, 0) is 16.6 Å². The van der Waals surface area contributed by atoms with Gasteiger partial charge in [0.1, 0.15) is 4.90 Å². The summed E-state index contributed by atoms with van der Waals surface area (Å²) in [5.41, 5.74) is 6.44. The molecule has 1 aliphatic heterocycles. The first kappa shape index (κ1) is 16.8. The van der Waals surface area contributed by atoms with E-state index in [0.29, 0.717) is 44.0 Å². The summed E-state index contributed by atoms with van der Waals surface area (Å²) in [4.78, 5) is 13.0. The van der Waals surface area contributed by atoms with Gasteiger partial charge in [-0.25, -0.2) is 13.2 Å².